The molecule has 0 fully saturated rings. The molecule has 0 spiro atoms. The Kier molecular flexibility index (Phi) is 3.77. The minimum atomic E-state index is -4.78. The molecule has 0 amide bonds. The van der Waals surface area contributed by atoms with Gasteiger partial charge < -0.3 is 9.47 Å². The van der Waals surface area contributed by atoms with Gasteiger partial charge in [0.2, 0.25) is 11.2 Å². The highest BCUT2D eigenvalue weighted by molar-refractivity contribution is 6.13. The molecule has 3 heterocycles. The number of pyridine rings is 1. The number of aryl methyl sites for hydroxylation is 1. The van der Waals surface area contributed by atoms with Crippen molar-refractivity contribution in [3.8, 4) is 39.6 Å². The van der Waals surface area contributed by atoms with Crippen molar-refractivity contribution in [2.45, 2.75) is 6.36 Å². The summed E-state index contributed by atoms with van der Waals surface area (Å²) in [5.41, 5.74) is 4.15. The van der Waals surface area contributed by atoms with Gasteiger partial charge in [-0.2, -0.15) is 9.67 Å². The summed E-state index contributed by atoms with van der Waals surface area (Å²) in [4.78, 5) is 0. The van der Waals surface area contributed by atoms with Crippen LogP contribution in [0.15, 0.2) is 67.0 Å². The lowest BCUT2D eigenvalue weighted by atomic mass is 9.95. The molecule has 5 aromatic rings. The van der Waals surface area contributed by atoms with Crippen LogP contribution in [0.5, 0.6) is 17.2 Å². The number of nitrogens with one attached hydrogen (secondary N) is 1. The Balaban J connectivity index is 1.68. The number of hydrogen-bond donors (Lipinski definition) is 1. The highest BCUT2D eigenvalue weighted by Gasteiger charge is 2.34. The first-order valence-corrected chi connectivity index (χ1v) is 9.85. The predicted molar refractivity (Wildman–Crippen MR) is 112 cm³/mol. The maximum absolute atomic E-state index is 12.8. The van der Waals surface area contributed by atoms with E-state index in [9.17, 15) is 13.2 Å². The van der Waals surface area contributed by atoms with Crippen LogP contribution in [-0.4, -0.2) is 16.6 Å². The zero-order valence-corrected chi connectivity index (χ0v) is 16.7. The van der Waals surface area contributed by atoms with E-state index < -0.39 is 6.36 Å². The average Bonchev–Trinajstić information content (AvgIpc) is 3.30. The first kappa shape index (κ1) is 18.7. The highest BCUT2D eigenvalue weighted by Crippen LogP contribution is 2.47. The van der Waals surface area contributed by atoms with Gasteiger partial charge in [0.15, 0.2) is 0 Å². The van der Waals surface area contributed by atoms with Crippen LogP contribution in [0.2, 0.25) is 0 Å². The van der Waals surface area contributed by atoms with Gasteiger partial charge in [0.05, 0.1) is 22.5 Å². The Hall–Kier alpha value is -4.07. The Bertz CT molecular complexity index is 1530. The topological polar surface area (TPSA) is 51.0 Å². The molecule has 0 bridgehead atoms. The first-order valence-electron chi connectivity index (χ1n) is 9.85. The zero-order valence-electron chi connectivity index (χ0n) is 16.7. The minimum absolute atomic E-state index is 0.292. The molecule has 0 unspecified atom stereocenters. The lowest BCUT2D eigenvalue weighted by Crippen LogP contribution is -2.33. The summed E-state index contributed by atoms with van der Waals surface area (Å²) in [6.07, 6.45) is -1.22. The van der Waals surface area contributed by atoms with Crippen molar-refractivity contribution < 1.29 is 27.2 Å². The second-order valence-electron chi connectivity index (χ2n) is 7.61. The van der Waals surface area contributed by atoms with Crippen molar-refractivity contribution in [3.05, 3.63) is 67.0 Å². The summed E-state index contributed by atoms with van der Waals surface area (Å²) in [7, 11) is 1.90. The van der Waals surface area contributed by atoms with Gasteiger partial charge in [-0.1, -0.05) is 18.2 Å². The average molecular weight is 434 g/mol. The lowest BCUT2D eigenvalue weighted by molar-refractivity contribution is -0.632. The number of aromatic amines is 1. The quantitative estimate of drug-likeness (QED) is 0.274. The number of nitrogens with zero attached hydrogens (tertiary/aromatic N) is 2. The molecule has 0 aliphatic carbocycles. The molecule has 3 aromatic carbocycles. The zero-order chi connectivity index (χ0) is 22.0. The smallest absolute Gasteiger partial charge is 0.456 e. The number of fused-ring (bicyclic) bond motifs is 4. The van der Waals surface area contributed by atoms with Gasteiger partial charge >= 0.3 is 6.36 Å². The third-order valence-electron chi connectivity index (χ3n) is 5.74. The summed E-state index contributed by atoms with van der Waals surface area (Å²) in [6.45, 7) is 0. The monoisotopic (exact) mass is 434 g/mol. The van der Waals surface area contributed by atoms with Crippen LogP contribution in [-0.2, 0) is 7.05 Å². The number of hydrogen-bond acceptors (Lipinski definition) is 3. The van der Waals surface area contributed by atoms with Crippen molar-refractivity contribution in [1.82, 2.24) is 10.2 Å². The van der Waals surface area contributed by atoms with E-state index in [0.29, 0.717) is 17.1 Å². The molecule has 158 valence electrons. The first-order chi connectivity index (χ1) is 15.4. The van der Waals surface area contributed by atoms with Crippen LogP contribution in [0.3, 0.4) is 0 Å². The number of rotatable bonds is 2. The summed E-state index contributed by atoms with van der Waals surface area (Å²) in [5, 5.41) is 9.65. The molecule has 8 heteroatoms. The van der Waals surface area contributed by atoms with Crippen molar-refractivity contribution in [1.29, 1.82) is 0 Å². The summed E-state index contributed by atoms with van der Waals surface area (Å²) < 4.78 is 50.7. The second-order valence-corrected chi connectivity index (χ2v) is 7.61. The largest absolute Gasteiger partial charge is 0.573 e. The molecule has 0 atom stereocenters. The number of alkyl halides is 3. The van der Waals surface area contributed by atoms with Gasteiger partial charge in [-0.15, -0.1) is 13.2 Å². The molecule has 1 aliphatic rings. The normalized spacial score (nSPS) is 12.6. The van der Waals surface area contributed by atoms with E-state index in [0.717, 1.165) is 38.5 Å². The summed E-state index contributed by atoms with van der Waals surface area (Å²) in [6, 6.07) is 16.0. The molecule has 1 N–H and O–H groups in total. The fourth-order valence-corrected chi connectivity index (χ4v) is 4.41. The van der Waals surface area contributed by atoms with Gasteiger partial charge in [0, 0.05) is 23.2 Å². The maximum Gasteiger partial charge on any atom is 0.573 e. The Morgan fingerprint density at radius 2 is 1.84 bits per heavy atom. The standard InChI is InChI=1S/C24H14F3N3O2/c1-30-19-9-13(14-11-28-29-12-14)5-7-16(19)17-3-2-4-21-22(17)23(30)18-10-15(32-24(25,26)27)6-8-20(18)31-21/h2-12H,1H3/p+1. The number of benzene rings is 3. The molecule has 6 rings (SSSR count). The van der Waals surface area contributed by atoms with Crippen LogP contribution in [0, 0.1) is 0 Å². The second kappa shape index (κ2) is 6.46. The Labute approximate surface area is 179 Å². The van der Waals surface area contributed by atoms with Crippen molar-refractivity contribution in [2.75, 3.05) is 0 Å². The van der Waals surface area contributed by atoms with E-state index >= 15 is 0 Å². The minimum Gasteiger partial charge on any atom is -0.456 e. The maximum atomic E-state index is 12.8. The van der Waals surface area contributed by atoms with E-state index in [2.05, 4.69) is 14.9 Å². The number of H-pyrrole nitrogens is 1. The van der Waals surface area contributed by atoms with Gasteiger partial charge in [0.1, 0.15) is 24.3 Å². The van der Waals surface area contributed by atoms with Crippen LogP contribution < -0.4 is 14.0 Å². The number of aromatic nitrogens is 3. The molecule has 0 saturated carbocycles. The lowest BCUT2D eigenvalue weighted by Gasteiger charge is -2.21. The van der Waals surface area contributed by atoms with E-state index in [1.165, 1.54) is 18.2 Å². The molecule has 2 aromatic heterocycles. The highest BCUT2D eigenvalue weighted by atomic mass is 19.4. The van der Waals surface area contributed by atoms with Crippen molar-refractivity contribution >= 4 is 21.7 Å². The molecule has 0 saturated heterocycles. The molecule has 32 heavy (non-hydrogen) atoms. The third kappa shape index (κ3) is 2.80. The fraction of sp³-hybridized carbons (Fsp3) is 0.0833. The van der Waals surface area contributed by atoms with E-state index in [-0.39, 0.29) is 5.75 Å². The van der Waals surface area contributed by atoms with Gasteiger partial charge in [-0.3, -0.25) is 5.10 Å². The third-order valence-corrected chi connectivity index (χ3v) is 5.74. The Morgan fingerprint density at radius 1 is 0.969 bits per heavy atom. The molecular weight excluding hydrogens is 419 g/mol. The van der Waals surface area contributed by atoms with E-state index in [4.69, 9.17) is 4.74 Å². The molecule has 0 radical (unpaired) electrons. The number of ether oxygens (including phenoxy) is 2. The van der Waals surface area contributed by atoms with E-state index in [1.807, 2.05) is 54.2 Å². The van der Waals surface area contributed by atoms with Crippen LogP contribution in [0.25, 0.3) is 44.1 Å². The molecular formula is C24H15F3N3O2+. The van der Waals surface area contributed by atoms with Crippen LogP contribution in [0.1, 0.15) is 0 Å². The van der Waals surface area contributed by atoms with Crippen molar-refractivity contribution in [3.63, 3.8) is 0 Å². The predicted octanol–water partition coefficient (Wildman–Crippen LogP) is 5.88. The Morgan fingerprint density at radius 3 is 2.62 bits per heavy atom. The van der Waals surface area contributed by atoms with Crippen molar-refractivity contribution in [2.24, 2.45) is 7.05 Å². The summed E-state index contributed by atoms with van der Waals surface area (Å²) >= 11 is 0. The van der Waals surface area contributed by atoms with Crippen LogP contribution in [0.4, 0.5) is 13.2 Å². The molecule has 5 nitrogen and oxygen atoms in total. The number of halogens is 3. The van der Waals surface area contributed by atoms with E-state index in [1.54, 1.807) is 6.20 Å². The van der Waals surface area contributed by atoms with Gasteiger partial charge in [-0.05, 0) is 35.9 Å². The van der Waals surface area contributed by atoms with Gasteiger partial charge in [0.25, 0.3) is 0 Å². The van der Waals surface area contributed by atoms with Crippen LogP contribution >= 0.6 is 0 Å². The molecule has 1 aliphatic heterocycles. The SMILES string of the molecule is C[n+]1c2c3c(cccc3c3ccc(-c4cn[nH]c4)cc31)Oc1ccc(OC(F)(F)F)cc1-2. The summed E-state index contributed by atoms with van der Waals surface area (Å²) in [5.74, 6) is 0.839. The fourth-order valence-electron chi connectivity index (χ4n) is 4.41. The van der Waals surface area contributed by atoms with Gasteiger partial charge in [-0.25, -0.2) is 0 Å².